The second-order valence-electron chi connectivity index (χ2n) is 5.85. The number of thiazole rings is 1. The van der Waals surface area contributed by atoms with E-state index in [-0.39, 0.29) is 12.7 Å². The second kappa shape index (κ2) is 7.14. The number of anilines is 1. The zero-order valence-corrected chi connectivity index (χ0v) is 15.5. The predicted octanol–water partition coefficient (Wildman–Crippen LogP) is 4.19. The molecule has 27 heavy (non-hydrogen) atoms. The molecule has 0 saturated heterocycles. The van der Waals surface area contributed by atoms with E-state index >= 15 is 0 Å². The number of ether oxygens (including phenoxy) is 2. The van der Waals surface area contributed by atoms with Gasteiger partial charge in [0.05, 0.1) is 0 Å². The fourth-order valence-electron chi connectivity index (χ4n) is 2.88. The number of amides is 1. The maximum atomic E-state index is 13.0. The van der Waals surface area contributed by atoms with Gasteiger partial charge in [-0.25, -0.2) is 4.98 Å². The van der Waals surface area contributed by atoms with Gasteiger partial charge in [0.15, 0.2) is 11.5 Å². The average molecular weight is 376 g/mol. The fourth-order valence-corrected chi connectivity index (χ4v) is 3.67. The fraction of sp³-hybridized carbons (Fsp3) is 0.143. The van der Waals surface area contributed by atoms with Crippen molar-refractivity contribution in [3.8, 4) is 34.4 Å². The van der Waals surface area contributed by atoms with Crippen LogP contribution in [0.25, 0.3) is 10.6 Å². The lowest BCUT2D eigenvalue weighted by Gasteiger charge is -2.20. The molecule has 1 aliphatic rings. The zero-order valence-electron chi connectivity index (χ0n) is 14.6. The van der Waals surface area contributed by atoms with Crippen molar-refractivity contribution in [2.24, 2.45) is 0 Å². The predicted molar refractivity (Wildman–Crippen MR) is 105 cm³/mol. The van der Waals surface area contributed by atoms with Gasteiger partial charge in [-0.1, -0.05) is 12.0 Å². The monoisotopic (exact) mass is 376 g/mol. The summed E-state index contributed by atoms with van der Waals surface area (Å²) in [6.45, 7) is 2.66. The van der Waals surface area contributed by atoms with Crippen LogP contribution in [-0.2, 0) is 0 Å². The smallest absolute Gasteiger partial charge is 0.277 e. The molecule has 0 aliphatic carbocycles. The van der Waals surface area contributed by atoms with Gasteiger partial charge in [0.2, 0.25) is 6.79 Å². The van der Waals surface area contributed by atoms with E-state index < -0.39 is 0 Å². The van der Waals surface area contributed by atoms with Crippen LogP contribution in [0, 0.1) is 12.3 Å². The SMILES string of the molecule is C#Cc1cccc(N(CC)C(=O)c2csc(-c3ccc4c(c3)OCO4)n2)c1. The second-order valence-corrected chi connectivity index (χ2v) is 6.71. The van der Waals surface area contributed by atoms with Crippen LogP contribution >= 0.6 is 11.3 Å². The number of terminal acetylenes is 1. The van der Waals surface area contributed by atoms with E-state index in [0.29, 0.717) is 18.0 Å². The van der Waals surface area contributed by atoms with Crippen LogP contribution in [0.15, 0.2) is 47.8 Å². The van der Waals surface area contributed by atoms with Gasteiger partial charge in [0.25, 0.3) is 5.91 Å². The highest BCUT2D eigenvalue weighted by atomic mass is 32.1. The summed E-state index contributed by atoms with van der Waals surface area (Å²) in [6, 6.07) is 13.0. The van der Waals surface area contributed by atoms with E-state index in [1.165, 1.54) is 11.3 Å². The van der Waals surface area contributed by atoms with Crippen LogP contribution in [0.1, 0.15) is 23.0 Å². The lowest BCUT2D eigenvalue weighted by molar-refractivity contribution is 0.0984. The maximum Gasteiger partial charge on any atom is 0.277 e. The van der Waals surface area contributed by atoms with Gasteiger partial charge in [0, 0.05) is 28.7 Å². The number of nitrogens with zero attached hydrogens (tertiary/aromatic N) is 2. The molecule has 0 N–H and O–H groups in total. The molecule has 134 valence electrons. The Morgan fingerprint density at radius 2 is 2.11 bits per heavy atom. The van der Waals surface area contributed by atoms with E-state index in [2.05, 4.69) is 10.9 Å². The lowest BCUT2D eigenvalue weighted by atomic mass is 10.2. The Morgan fingerprint density at radius 3 is 2.93 bits per heavy atom. The highest BCUT2D eigenvalue weighted by Crippen LogP contribution is 2.36. The summed E-state index contributed by atoms with van der Waals surface area (Å²) in [7, 11) is 0. The summed E-state index contributed by atoms with van der Waals surface area (Å²) < 4.78 is 10.7. The quantitative estimate of drug-likeness (QED) is 0.641. The van der Waals surface area contributed by atoms with E-state index in [9.17, 15) is 4.79 Å². The van der Waals surface area contributed by atoms with Gasteiger partial charge < -0.3 is 14.4 Å². The Hall–Kier alpha value is -3.30. The normalized spacial score (nSPS) is 11.9. The first-order valence-corrected chi connectivity index (χ1v) is 9.31. The van der Waals surface area contributed by atoms with Crippen molar-refractivity contribution in [1.29, 1.82) is 0 Å². The number of hydrogen-bond donors (Lipinski definition) is 0. The molecule has 5 nitrogen and oxygen atoms in total. The highest BCUT2D eigenvalue weighted by molar-refractivity contribution is 7.13. The number of benzene rings is 2. The van der Waals surface area contributed by atoms with Crippen molar-refractivity contribution in [3.63, 3.8) is 0 Å². The molecule has 1 aromatic heterocycles. The highest BCUT2D eigenvalue weighted by Gasteiger charge is 2.21. The number of rotatable bonds is 4. The molecule has 0 radical (unpaired) electrons. The number of fused-ring (bicyclic) bond motifs is 1. The zero-order chi connectivity index (χ0) is 18.8. The molecule has 0 bridgehead atoms. The van der Waals surface area contributed by atoms with E-state index in [0.717, 1.165) is 27.6 Å². The number of carbonyl (C=O) groups is 1. The number of aromatic nitrogens is 1. The Labute approximate surface area is 161 Å². The molecule has 0 unspecified atom stereocenters. The Bertz CT molecular complexity index is 1050. The summed E-state index contributed by atoms with van der Waals surface area (Å²) in [6.07, 6.45) is 5.47. The third-order valence-electron chi connectivity index (χ3n) is 4.23. The van der Waals surface area contributed by atoms with Crippen molar-refractivity contribution < 1.29 is 14.3 Å². The van der Waals surface area contributed by atoms with Crippen LogP contribution in [0.5, 0.6) is 11.5 Å². The van der Waals surface area contributed by atoms with Gasteiger partial charge in [-0.05, 0) is 43.3 Å². The first-order chi connectivity index (χ1) is 13.2. The first-order valence-electron chi connectivity index (χ1n) is 8.43. The Kier molecular flexibility index (Phi) is 4.53. The third kappa shape index (κ3) is 3.25. The minimum absolute atomic E-state index is 0.157. The standard InChI is InChI=1S/C21H16N2O3S/c1-3-14-6-5-7-16(10-14)23(4-2)21(24)17-12-27-20(22-17)15-8-9-18-19(11-15)26-13-25-18/h1,5-12H,4,13H2,2H3. The van der Waals surface area contributed by atoms with Crippen molar-refractivity contribution in [1.82, 2.24) is 4.98 Å². The van der Waals surface area contributed by atoms with Gasteiger partial charge in [0.1, 0.15) is 10.7 Å². The van der Waals surface area contributed by atoms with Crippen LogP contribution in [0.2, 0.25) is 0 Å². The van der Waals surface area contributed by atoms with Crippen molar-refractivity contribution in [3.05, 3.63) is 59.1 Å². The van der Waals surface area contributed by atoms with Gasteiger partial charge in [-0.3, -0.25) is 4.79 Å². The minimum Gasteiger partial charge on any atom is -0.454 e. The molecule has 0 atom stereocenters. The Morgan fingerprint density at radius 1 is 1.26 bits per heavy atom. The topological polar surface area (TPSA) is 51.7 Å². The first kappa shape index (κ1) is 17.1. The summed E-state index contributed by atoms with van der Waals surface area (Å²) in [5, 5.41) is 2.53. The third-order valence-corrected chi connectivity index (χ3v) is 5.12. The van der Waals surface area contributed by atoms with Crippen molar-refractivity contribution in [2.45, 2.75) is 6.92 Å². The molecule has 1 amide bonds. The summed E-state index contributed by atoms with van der Waals surface area (Å²) in [4.78, 5) is 19.2. The molecule has 3 aromatic rings. The largest absolute Gasteiger partial charge is 0.454 e. The molecule has 0 spiro atoms. The molecule has 1 aliphatic heterocycles. The minimum atomic E-state index is -0.157. The van der Waals surface area contributed by atoms with Crippen molar-refractivity contribution in [2.75, 3.05) is 18.2 Å². The van der Waals surface area contributed by atoms with Gasteiger partial charge >= 0.3 is 0 Å². The summed E-state index contributed by atoms with van der Waals surface area (Å²) in [5.74, 6) is 3.85. The molecule has 0 fully saturated rings. The van der Waals surface area contributed by atoms with Crippen LogP contribution in [-0.4, -0.2) is 24.2 Å². The number of hydrogen-bond acceptors (Lipinski definition) is 5. The summed E-state index contributed by atoms with van der Waals surface area (Å²) in [5.41, 5.74) is 2.79. The molecule has 0 saturated carbocycles. The van der Waals surface area contributed by atoms with E-state index in [4.69, 9.17) is 15.9 Å². The molecule has 6 heteroatoms. The van der Waals surface area contributed by atoms with E-state index in [1.807, 2.05) is 49.4 Å². The number of carbonyl (C=O) groups excluding carboxylic acids is 1. The van der Waals surface area contributed by atoms with Crippen molar-refractivity contribution >= 4 is 22.9 Å². The lowest BCUT2D eigenvalue weighted by Crippen LogP contribution is -2.30. The molecule has 2 heterocycles. The molecule has 2 aromatic carbocycles. The molecular weight excluding hydrogens is 360 g/mol. The van der Waals surface area contributed by atoms with Crippen LogP contribution in [0.3, 0.4) is 0 Å². The van der Waals surface area contributed by atoms with Crippen LogP contribution in [0.4, 0.5) is 5.69 Å². The van der Waals surface area contributed by atoms with Gasteiger partial charge in [-0.2, -0.15) is 0 Å². The summed E-state index contributed by atoms with van der Waals surface area (Å²) >= 11 is 1.42. The van der Waals surface area contributed by atoms with Crippen LogP contribution < -0.4 is 14.4 Å². The Balaban J connectivity index is 1.61. The average Bonchev–Trinajstić information content (AvgIpc) is 3.37. The molecular formula is C21H16N2O3S. The van der Waals surface area contributed by atoms with E-state index in [1.54, 1.807) is 10.3 Å². The van der Waals surface area contributed by atoms with Gasteiger partial charge in [-0.15, -0.1) is 17.8 Å². The molecule has 4 rings (SSSR count). The maximum absolute atomic E-state index is 13.0.